The molecule has 0 aliphatic heterocycles. The van der Waals surface area contributed by atoms with Gasteiger partial charge in [-0.1, -0.05) is 15.9 Å². The van der Waals surface area contributed by atoms with Crippen molar-refractivity contribution in [2.75, 3.05) is 12.4 Å². The largest absolute Gasteiger partial charge is 0.465 e. The van der Waals surface area contributed by atoms with Gasteiger partial charge in [0, 0.05) is 16.4 Å². The Morgan fingerprint density at radius 3 is 2.40 bits per heavy atom. The van der Waals surface area contributed by atoms with E-state index in [-0.39, 0.29) is 11.6 Å². The highest BCUT2D eigenvalue weighted by Crippen LogP contribution is 2.14. The maximum Gasteiger partial charge on any atom is 0.339 e. The Hall–Kier alpha value is -2.21. The Kier molecular flexibility index (Phi) is 4.47. The maximum absolute atomic E-state index is 11.9. The summed E-state index contributed by atoms with van der Waals surface area (Å²) in [5.41, 5.74) is 1.19. The first-order valence-corrected chi connectivity index (χ1v) is 6.51. The molecule has 0 saturated carbocycles. The van der Waals surface area contributed by atoms with E-state index in [2.05, 4.69) is 31.0 Å². The quantitative estimate of drug-likeness (QED) is 0.876. The van der Waals surface area contributed by atoms with Gasteiger partial charge in [0.1, 0.15) is 5.69 Å². The van der Waals surface area contributed by atoms with Gasteiger partial charge >= 0.3 is 5.97 Å². The van der Waals surface area contributed by atoms with Crippen molar-refractivity contribution in [3.8, 4) is 0 Å². The van der Waals surface area contributed by atoms with E-state index in [1.807, 2.05) is 12.1 Å². The molecule has 1 N–H and O–H groups in total. The molecule has 2 aromatic rings. The van der Waals surface area contributed by atoms with Gasteiger partial charge in [-0.2, -0.15) is 0 Å². The van der Waals surface area contributed by atoms with Crippen LogP contribution in [0.3, 0.4) is 0 Å². The Labute approximate surface area is 124 Å². The number of halogens is 1. The van der Waals surface area contributed by atoms with Gasteiger partial charge in [-0.3, -0.25) is 9.78 Å². The first kappa shape index (κ1) is 14.2. The van der Waals surface area contributed by atoms with Crippen molar-refractivity contribution in [3.05, 3.63) is 58.3 Å². The summed E-state index contributed by atoms with van der Waals surface area (Å²) < 4.78 is 5.49. The molecular weight excluding hydrogens is 324 g/mol. The molecule has 0 spiro atoms. The minimum atomic E-state index is -0.489. The second kappa shape index (κ2) is 6.29. The third-order valence-corrected chi connectivity index (χ3v) is 3.05. The molecule has 0 bridgehead atoms. The summed E-state index contributed by atoms with van der Waals surface area (Å²) in [7, 11) is 1.29. The van der Waals surface area contributed by atoms with Crippen LogP contribution in [-0.2, 0) is 4.74 Å². The zero-order chi connectivity index (χ0) is 14.5. The average molecular weight is 335 g/mol. The molecule has 2 rings (SSSR count). The van der Waals surface area contributed by atoms with Gasteiger partial charge in [-0.25, -0.2) is 4.79 Å². The smallest absolute Gasteiger partial charge is 0.339 e. The van der Waals surface area contributed by atoms with E-state index in [0.29, 0.717) is 11.3 Å². The Morgan fingerprint density at radius 2 is 1.85 bits per heavy atom. The Bertz CT molecular complexity index is 624. The van der Waals surface area contributed by atoms with Gasteiger partial charge in [-0.15, -0.1) is 0 Å². The second-order valence-corrected chi connectivity index (χ2v) is 4.80. The van der Waals surface area contributed by atoms with Crippen molar-refractivity contribution in [1.29, 1.82) is 0 Å². The fourth-order valence-corrected chi connectivity index (χ4v) is 1.76. The lowest BCUT2D eigenvalue weighted by atomic mass is 10.2. The summed E-state index contributed by atoms with van der Waals surface area (Å²) in [5.74, 6) is -0.832. The van der Waals surface area contributed by atoms with Crippen molar-refractivity contribution in [2.24, 2.45) is 0 Å². The van der Waals surface area contributed by atoms with Crippen LogP contribution in [0.15, 0.2) is 47.1 Å². The lowest BCUT2D eigenvalue weighted by Crippen LogP contribution is -2.14. The van der Waals surface area contributed by atoms with Crippen molar-refractivity contribution >= 4 is 33.5 Å². The third kappa shape index (κ3) is 3.42. The average Bonchev–Trinajstić information content (AvgIpc) is 2.49. The van der Waals surface area contributed by atoms with E-state index in [4.69, 9.17) is 0 Å². The number of hydrogen-bond donors (Lipinski definition) is 1. The number of ether oxygens (including phenoxy) is 1. The number of carbonyl (C=O) groups excluding carboxylic acids is 2. The number of aromatic nitrogens is 1. The molecule has 1 aromatic carbocycles. The highest BCUT2D eigenvalue weighted by atomic mass is 79.9. The minimum Gasteiger partial charge on any atom is -0.465 e. The lowest BCUT2D eigenvalue weighted by molar-refractivity contribution is 0.0600. The first-order valence-electron chi connectivity index (χ1n) is 5.71. The minimum absolute atomic E-state index is 0.223. The molecule has 0 aliphatic carbocycles. The van der Waals surface area contributed by atoms with Crippen LogP contribution in [0.5, 0.6) is 0 Å². The zero-order valence-corrected chi connectivity index (χ0v) is 12.2. The number of pyridine rings is 1. The van der Waals surface area contributed by atoms with E-state index >= 15 is 0 Å². The predicted molar refractivity (Wildman–Crippen MR) is 77.7 cm³/mol. The van der Waals surface area contributed by atoms with Crippen LogP contribution in [0.1, 0.15) is 20.8 Å². The monoisotopic (exact) mass is 334 g/mol. The normalized spacial score (nSPS) is 9.90. The van der Waals surface area contributed by atoms with Crippen LogP contribution in [0.25, 0.3) is 0 Å². The van der Waals surface area contributed by atoms with Gasteiger partial charge in [0.15, 0.2) is 0 Å². The highest BCUT2D eigenvalue weighted by Gasteiger charge is 2.10. The van der Waals surface area contributed by atoms with Gasteiger partial charge in [0.05, 0.1) is 12.7 Å². The molecule has 0 radical (unpaired) electrons. The summed E-state index contributed by atoms with van der Waals surface area (Å²) in [6.07, 6.45) is 1.31. The molecule has 0 atom stereocenters. The van der Waals surface area contributed by atoms with Crippen LogP contribution in [0.2, 0.25) is 0 Å². The second-order valence-electron chi connectivity index (χ2n) is 3.88. The number of methoxy groups -OCH3 is 1. The molecule has 0 unspecified atom stereocenters. The summed E-state index contributed by atoms with van der Waals surface area (Å²) in [6.45, 7) is 0. The summed E-state index contributed by atoms with van der Waals surface area (Å²) in [4.78, 5) is 27.1. The van der Waals surface area contributed by atoms with Gasteiger partial charge in [-0.05, 0) is 36.4 Å². The number of carbonyl (C=O) groups is 2. The number of esters is 1. The van der Waals surface area contributed by atoms with E-state index in [1.165, 1.54) is 25.4 Å². The van der Waals surface area contributed by atoms with E-state index in [1.54, 1.807) is 12.1 Å². The lowest BCUT2D eigenvalue weighted by Gasteiger charge is -2.05. The standard InChI is InChI=1S/C14H11BrN2O3/c1-20-14(19)9-2-7-12(16-8-9)13(18)17-11-5-3-10(15)4-6-11/h2-8H,1H3,(H,17,18). The number of nitrogens with one attached hydrogen (secondary N) is 1. The molecule has 6 heteroatoms. The molecule has 102 valence electrons. The van der Waals surface area contributed by atoms with Crippen molar-refractivity contribution in [2.45, 2.75) is 0 Å². The topological polar surface area (TPSA) is 68.3 Å². The predicted octanol–water partition coefficient (Wildman–Crippen LogP) is 2.88. The molecule has 1 heterocycles. The van der Waals surface area contributed by atoms with E-state index < -0.39 is 5.97 Å². The fraction of sp³-hybridized carbons (Fsp3) is 0.0714. The number of nitrogens with zero attached hydrogens (tertiary/aromatic N) is 1. The number of amides is 1. The van der Waals surface area contributed by atoms with Gasteiger partial charge in [0.25, 0.3) is 5.91 Å². The van der Waals surface area contributed by atoms with Crippen LogP contribution in [-0.4, -0.2) is 24.0 Å². The molecule has 1 amide bonds. The summed E-state index contributed by atoms with van der Waals surface area (Å²) in [6, 6.07) is 10.2. The van der Waals surface area contributed by atoms with E-state index in [9.17, 15) is 9.59 Å². The number of rotatable bonds is 3. The SMILES string of the molecule is COC(=O)c1ccc(C(=O)Nc2ccc(Br)cc2)nc1. The van der Waals surface area contributed by atoms with Gasteiger partial charge in [0.2, 0.25) is 0 Å². The third-order valence-electron chi connectivity index (χ3n) is 2.52. The fourth-order valence-electron chi connectivity index (χ4n) is 1.50. The molecule has 1 aromatic heterocycles. The zero-order valence-electron chi connectivity index (χ0n) is 10.6. The van der Waals surface area contributed by atoms with Crippen molar-refractivity contribution in [1.82, 2.24) is 4.98 Å². The van der Waals surface area contributed by atoms with Crippen LogP contribution in [0, 0.1) is 0 Å². The van der Waals surface area contributed by atoms with Gasteiger partial charge < -0.3 is 10.1 Å². The molecule has 5 nitrogen and oxygen atoms in total. The summed E-state index contributed by atoms with van der Waals surface area (Å²) in [5, 5.41) is 2.71. The molecule has 0 saturated heterocycles. The maximum atomic E-state index is 11.9. The summed E-state index contributed by atoms with van der Waals surface area (Å²) >= 11 is 3.32. The molecule has 0 aliphatic rings. The van der Waals surface area contributed by atoms with Crippen molar-refractivity contribution < 1.29 is 14.3 Å². The van der Waals surface area contributed by atoms with Crippen molar-refractivity contribution in [3.63, 3.8) is 0 Å². The number of benzene rings is 1. The first-order chi connectivity index (χ1) is 9.60. The Balaban J connectivity index is 2.09. The molecule has 0 fully saturated rings. The molecular formula is C14H11BrN2O3. The van der Waals surface area contributed by atoms with Crippen LogP contribution < -0.4 is 5.32 Å². The van der Waals surface area contributed by atoms with E-state index in [0.717, 1.165) is 4.47 Å². The number of anilines is 1. The van der Waals surface area contributed by atoms with Crippen LogP contribution in [0.4, 0.5) is 5.69 Å². The molecule has 20 heavy (non-hydrogen) atoms. The highest BCUT2D eigenvalue weighted by molar-refractivity contribution is 9.10. The Morgan fingerprint density at radius 1 is 1.15 bits per heavy atom. The van der Waals surface area contributed by atoms with Crippen LogP contribution >= 0.6 is 15.9 Å². The number of hydrogen-bond acceptors (Lipinski definition) is 4.